The number of carbonyl (C=O) groups excluding carboxylic acids is 2. The predicted molar refractivity (Wildman–Crippen MR) is 83.4 cm³/mol. The Morgan fingerprint density at radius 1 is 0.950 bits per heavy atom. The van der Waals surface area contributed by atoms with Crippen LogP contribution in [-0.4, -0.2) is 24.4 Å². The lowest BCUT2D eigenvalue weighted by molar-refractivity contribution is -0.126. The summed E-state index contributed by atoms with van der Waals surface area (Å²) in [5.41, 5.74) is 0. The standard InChI is InChI=1S/C16H32N2O2/c1-6-12(3)10-11-17-15(19)8-9-16(20)18-14(5)13(4)7-2/h12-14H,6-11H2,1-5H3,(H,17,19)(H,18,20). The number of carbonyl (C=O) groups is 2. The van der Waals surface area contributed by atoms with Crippen molar-refractivity contribution in [3.63, 3.8) is 0 Å². The second kappa shape index (κ2) is 10.7. The molecule has 0 heterocycles. The quantitative estimate of drug-likeness (QED) is 0.648. The smallest absolute Gasteiger partial charge is 0.220 e. The summed E-state index contributed by atoms with van der Waals surface area (Å²) in [4.78, 5) is 23.3. The fourth-order valence-corrected chi connectivity index (χ4v) is 1.80. The molecule has 2 N–H and O–H groups in total. The van der Waals surface area contributed by atoms with Gasteiger partial charge in [-0.3, -0.25) is 9.59 Å². The van der Waals surface area contributed by atoms with Crippen LogP contribution in [0, 0.1) is 11.8 Å². The van der Waals surface area contributed by atoms with Crippen molar-refractivity contribution in [3.8, 4) is 0 Å². The van der Waals surface area contributed by atoms with Crippen molar-refractivity contribution in [3.05, 3.63) is 0 Å². The molecule has 0 aromatic rings. The summed E-state index contributed by atoms with van der Waals surface area (Å²) in [6.45, 7) is 11.3. The molecule has 118 valence electrons. The van der Waals surface area contributed by atoms with Crippen LogP contribution < -0.4 is 10.6 Å². The zero-order valence-electron chi connectivity index (χ0n) is 13.8. The van der Waals surface area contributed by atoms with Crippen LogP contribution in [0.2, 0.25) is 0 Å². The zero-order chi connectivity index (χ0) is 15.5. The average Bonchev–Trinajstić information content (AvgIpc) is 2.43. The Kier molecular flexibility index (Phi) is 10.1. The van der Waals surface area contributed by atoms with Crippen LogP contribution >= 0.6 is 0 Å². The summed E-state index contributed by atoms with van der Waals surface area (Å²) >= 11 is 0. The van der Waals surface area contributed by atoms with Crippen molar-refractivity contribution in [1.82, 2.24) is 10.6 Å². The van der Waals surface area contributed by atoms with Gasteiger partial charge in [-0.05, 0) is 25.2 Å². The highest BCUT2D eigenvalue weighted by Gasteiger charge is 2.14. The van der Waals surface area contributed by atoms with Crippen molar-refractivity contribution < 1.29 is 9.59 Å². The molecule has 0 aromatic heterocycles. The van der Waals surface area contributed by atoms with Crippen LogP contribution in [0.1, 0.15) is 66.7 Å². The van der Waals surface area contributed by atoms with E-state index in [-0.39, 0.29) is 30.7 Å². The molecule has 0 radical (unpaired) electrons. The maximum absolute atomic E-state index is 11.7. The summed E-state index contributed by atoms with van der Waals surface area (Å²) in [5.74, 6) is 1.04. The molecule has 2 amide bonds. The third-order valence-electron chi connectivity index (χ3n) is 4.12. The number of nitrogens with one attached hydrogen (secondary N) is 2. The lowest BCUT2D eigenvalue weighted by atomic mass is 10.0. The molecule has 0 fully saturated rings. The largest absolute Gasteiger partial charge is 0.356 e. The van der Waals surface area contributed by atoms with Gasteiger partial charge in [-0.15, -0.1) is 0 Å². The van der Waals surface area contributed by atoms with Gasteiger partial charge >= 0.3 is 0 Å². The van der Waals surface area contributed by atoms with Gasteiger partial charge in [-0.2, -0.15) is 0 Å². The number of hydrogen-bond acceptors (Lipinski definition) is 2. The number of hydrogen-bond donors (Lipinski definition) is 2. The van der Waals surface area contributed by atoms with E-state index in [1.165, 1.54) is 0 Å². The van der Waals surface area contributed by atoms with Crippen LogP contribution in [0.15, 0.2) is 0 Å². The van der Waals surface area contributed by atoms with E-state index in [1.807, 2.05) is 6.92 Å². The van der Waals surface area contributed by atoms with Crippen LogP contribution in [0.5, 0.6) is 0 Å². The lowest BCUT2D eigenvalue weighted by Crippen LogP contribution is -2.37. The van der Waals surface area contributed by atoms with Gasteiger partial charge in [0.2, 0.25) is 11.8 Å². The number of rotatable bonds is 10. The first-order valence-electron chi connectivity index (χ1n) is 7.96. The fraction of sp³-hybridized carbons (Fsp3) is 0.875. The Morgan fingerprint density at radius 3 is 2.10 bits per heavy atom. The molecule has 20 heavy (non-hydrogen) atoms. The molecule has 0 spiro atoms. The third-order valence-corrected chi connectivity index (χ3v) is 4.12. The van der Waals surface area contributed by atoms with E-state index in [4.69, 9.17) is 0 Å². The minimum Gasteiger partial charge on any atom is -0.356 e. The lowest BCUT2D eigenvalue weighted by Gasteiger charge is -2.19. The third kappa shape index (κ3) is 8.94. The van der Waals surface area contributed by atoms with Crippen LogP contribution in [-0.2, 0) is 9.59 Å². The van der Waals surface area contributed by atoms with Gasteiger partial charge in [0, 0.05) is 25.4 Å². The predicted octanol–water partition coefficient (Wildman–Crippen LogP) is 2.87. The van der Waals surface area contributed by atoms with Crippen LogP contribution in [0.3, 0.4) is 0 Å². The van der Waals surface area contributed by atoms with E-state index in [0.717, 1.165) is 19.3 Å². The van der Waals surface area contributed by atoms with Crippen molar-refractivity contribution in [2.75, 3.05) is 6.54 Å². The molecule has 0 aromatic carbocycles. The first kappa shape index (κ1) is 18.9. The zero-order valence-corrected chi connectivity index (χ0v) is 13.8. The molecule has 0 saturated heterocycles. The summed E-state index contributed by atoms with van der Waals surface area (Å²) in [6, 6.07) is 0.168. The Hall–Kier alpha value is -1.06. The van der Waals surface area contributed by atoms with E-state index in [2.05, 4.69) is 38.3 Å². The van der Waals surface area contributed by atoms with E-state index in [0.29, 0.717) is 18.4 Å². The first-order chi connectivity index (χ1) is 9.40. The van der Waals surface area contributed by atoms with Gasteiger partial charge in [0.15, 0.2) is 0 Å². The van der Waals surface area contributed by atoms with E-state index in [9.17, 15) is 9.59 Å². The van der Waals surface area contributed by atoms with Crippen molar-refractivity contribution >= 4 is 11.8 Å². The van der Waals surface area contributed by atoms with Crippen LogP contribution in [0.25, 0.3) is 0 Å². The Balaban J connectivity index is 3.76. The molecule has 0 aliphatic rings. The molecule has 4 heteroatoms. The molecule has 3 atom stereocenters. The second-order valence-electron chi connectivity index (χ2n) is 5.89. The molecule has 0 aliphatic carbocycles. The molecule has 0 bridgehead atoms. The van der Waals surface area contributed by atoms with Crippen molar-refractivity contribution in [2.24, 2.45) is 11.8 Å². The van der Waals surface area contributed by atoms with Gasteiger partial charge in [0.25, 0.3) is 0 Å². The molecular weight excluding hydrogens is 252 g/mol. The molecule has 0 saturated carbocycles. The van der Waals surface area contributed by atoms with Crippen molar-refractivity contribution in [2.45, 2.75) is 72.8 Å². The van der Waals surface area contributed by atoms with Gasteiger partial charge < -0.3 is 10.6 Å². The number of amides is 2. The van der Waals surface area contributed by atoms with Crippen LogP contribution in [0.4, 0.5) is 0 Å². The second-order valence-corrected chi connectivity index (χ2v) is 5.89. The maximum Gasteiger partial charge on any atom is 0.220 e. The summed E-state index contributed by atoms with van der Waals surface area (Å²) in [6.07, 6.45) is 3.72. The van der Waals surface area contributed by atoms with Gasteiger partial charge in [0.1, 0.15) is 0 Å². The van der Waals surface area contributed by atoms with Gasteiger partial charge in [-0.1, -0.05) is 40.5 Å². The SMILES string of the molecule is CCC(C)CCNC(=O)CCC(=O)NC(C)C(C)CC. The summed E-state index contributed by atoms with van der Waals surface area (Å²) in [5, 5.41) is 5.82. The Labute approximate surface area is 124 Å². The average molecular weight is 284 g/mol. The maximum atomic E-state index is 11.7. The van der Waals surface area contributed by atoms with Crippen molar-refractivity contribution in [1.29, 1.82) is 0 Å². The van der Waals surface area contributed by atoms with Gasteiger partial charge in [0.05, 0.1) is 0 Å². The Bertz CT molecular complexity index is 292. The van der Waals surface area contributed by atoms with E-state index < -0.39 is 0 Å². The highest BCUT2D eigenvalue weighted by molar-refractivity contribution is 5.83. The minimum atomic E-state index is -0.0325. The Morgan fingerprint density at radius 2 is 1.55 bits per heavy atom. The summed E-state index contributed by atoms with van der Waals surface area (Å²) in [7, 11) is 0. The van der Waals surface area contributed by atoms with E-state index in [1.54, 1.807) is 0 Å². The first-order valence-corrected chi connectivity index (χ1v) is 7.96. The highest BCUT2D eigenvalue weighted by atomic mass is 16.2. The topological polar surface area (TPSA) is 58.2 Å². The molecule has 0 aliphatic heterocycles. The molecule has 0 rings (SSSR count). The summed E-state index contributed by atoms with van der Waals surface area (Å²) < 4.78 is 0. The minimum absolute atomic E-state index is 0.0281. The molecule has 3 unspecified atom stereocenters. The highest BCUT2D eigenvalue weighted by Crippen LogP contribution is 2.07. The fourth-order valence-electron chi connectivity index (χ4n) is 1.80. The van der Waals surface area contributed by atoms with Gasteiger partial charge in [-0.25, -0.2) is 0 Å². The monoisotopic (exact) mass is 284 g/mol. The normalized spacial score (nSPS) is 15.2. The molecule has 4 nitrogen and oxygen atoms in total. The molecular formula is C16H32N2O2. The van der Waals surface area contributed by atoms with E-state index >= 15 is 0 Å².